The minimum absolute atomic E-state index is 0.0662. The Morgan fingerprint density at radius 1 is 1.27 bits per heavy atom. The summed E-state index contributed by atoms with van der Waals surface area (Å²) in [7, 11) is 0. The largest absolute Gasteiger partial charge is 0.381 e. The molecule has 3 rings (SSSR count). The van der Waals surface area contributed by atoms with Gasteiger partial charge in [-0.3, -0.25) is 4.79 Å². The van der Waals surface area contributed by atoms with Crippen molar-refractivity contribution in [3.63, 3.8) is 0 Å². The van der Waals surface area contributed by atoms with E-state index in [2.05, 4.69) is 46.7 Å². The summed E-state index contributed by atoms with van der Waals surface area (Å²) in [6.07, 6.45) is 4.08. The normalized spacial score (nSPS) is 21.9. The first-order valence-electron chi connectivity index (χ1n) is 9.96. The average Bonchev–Trinajstić information content (AvgIpc) is 2.67. The standard InChI is InChI=1S/C21H33N3O2/c1-17(25)24(19-8-12-22-13-9-19)20(18-6-4-3-5-7-18)16-23-21(2)10-14-26-15-11-21/h3-7,19-20,22-23H,8-16H2,1-2H3. The Kier molecular flexibility index (Phi) is 6.68. The van der Waals surface area contributed by atoms with Crippen LogP contribution in [0.3, 0.4) is 0 Å². The predicted molar refractivity (Wildman–Crippen MR) is 104 cm³/mol. The van der Waals surface area contributed by atoms with E-state index in [-0.39, 0.29) is 17.5 Å². The van der Waals surface area contributed by atoms with Gasteiger partial charge in [-0.1, -0.05) is 30.3 Å². The second-order valence-electron chi connectivity index (χ2n) is 7.89. The predicted octanol–water partition coefficient (Wildman–Crippen LogP) is 2.49. The van der Waals surface area contributed by atoms with Crippen LogP contribution in [0.1, 0.15) is 51.1 Å². The van der Waals surface area contributed by atoms with Crippen LogP contribution < -0.4 is 10.6 Å². The molecule has 0 spiro atoms. The van der Waals surface area contributed by atoms with E-state index in [0.29, 0.717) is 6.04 Å². The van der Waals surface area contributed by atoms with E-state index in [0.717, 1.165) is 58.5 Å². The summed E-state index contributed by atoms with van der Waals surface area (Å²) in [4.78, 5) is 14.8. The monoisotopic (exact) mass is 359 g/mol. The Labute approximate surface area is 157 Å². The molecule has 0 radical (unpaired) electrons. The highest BCUT2D eigenvalue weighted by atomic mass is 16.5. The number of hydrogen-bond acceptors (Lipinski definition) is 4. The molecule has 2 aliphatic rings. The van der Waals surface area contributed by atoms with E-state index in [1.165, 1.54) is 5.56 Å². The molecule has 144 valence electrons. The molecule has 1 aromatic rings. The van der Waals surface area contributed by atoms with Crippen LogP contribution in [0, 0.1) is 0 Å². The van der Waals surface area contributed by atoms with Crippen molar-refractivity contribution in [2.45, 2.75) is 57.2 Å². The number of rotatable bonds is 6. The molecule has 1 aromatic carbocycles. The van der Waals surface area contributed by atoms with Gasteiger partial charge in [-0.05, 0) is 51.3 Å². The van der Waals surface area contributed by atoms with Crippen molar-refractivity contribution in [2.24, 2.45) is 0 Å². The molecule has 1 atom stereocenters. The molecule has 2 heterocycles. The number of piperidine rings is 1. The second kappa shape index (κ2) is 8.98. The molecule has 0 aromatic heterocycles. The van der Waals surface area contributed by atoms with E-state index >= 15 is 0 Å². The molecule has 5 heteroatoms. The van der Waals surface area contributed by atoms with Gasteiger partial charge in [-0.2, -0.15) is 0 Å². The maximum Gasteiger partial charge on any atom is 0.220 e. The van der Waals surface area contributed by atoms with Gasteiger partial charge >= 0.3 is 0 Å². The van der Waals surface area contributed by atoms with Crippen LogP contribution in [-0.2, 0) is 9.53 Å². The number of ether oxygens (including phenoxy) is 1. The third-order valence-electron chi connectivity index (χ3n) is 5.90. The summed E-state index contributed by atoms with van der Waals surface area (Å²) < 4.78 is 5.53. The average molecular weight is 360 g/mol. The zero-order valence-corrected chi connectivity index (χ0v) is 16.2. The van der Waals surface area contributed by atoms with Crippen molar-refractivity contribution >= 4 is 5.91 Å². The molecular formula is C21H33N3O2. The van der Waals surface area contributed by atoms with Crippen LogP contribution in [0.5, 0.6) is 0 Å². The maximum absolute atomic E-state index is 12.6. The zero-order chi connectivity index (χ0) is 18.4. The fourth-order valence-electron chi connectivity index (χ4n) is 4.21. The molecule has 2 fully saturated rings. The summed E-state index contributed by atoms with van der Waals surface area (Å²) in [6.45, 7) is 8.36. The van der Waals surface area contributed by atoms with Crippen molar-refractivity contribution in [3.8, 4) is 0 Å². The highest BCUT2D eigenvalue weighted by molar-refractivity contribution is 5.74. The molecule has 0 bridgehead atoms. The number of carbonyl (C=O) groups is 1. The van der Waals surface area contributed by atoms with E-state index in [1.807, 2.05) is 6.07 Å². The lowest BCUT2D eigenvalue weighted by molar-refractivity contribution is -0.134. The van der Waals surface area contributed by atoms with Gasteiger partial charge < -0.3 is 20.3 Å². The lowest BCUT2D eigenvalue weighted by Gasteiger charge is -2.42. The molecule has 2 N–H and O–H groups in total. The van der Waals surface area contributed by atoms with Gasteiger partial charge in [-0.25, -0.2) is 0 Å². The molecule has 0 saturated carbocycles. The number of benzene rings is 1. The lowest BCUT2D eigenvalue weighted by Crippen LogP contribution is -2.53. The van der Waals surface area contributed by atoms with Crippen molar-refractivity contribution in [3.05, 3.63) is 35.9 Å². The van der Waals surface area contributed by atoms with E-state index in [1.54, 1.807) is 6.92 Å². The highest BCUT2D eigenvalue weighted by Gasteiger charge is 2.33. The van der Waals surface area contributed by atoms with E-state index < -0.39 is 0 Å². The smallest absolute Gasteiger partial charge is 0.220 e. The van der Waals surface area contributed by atoms with Gasteiger partial charge in [0.25, 0.3) is 0 Å². The summed E-state index contributed by atoms with van der Waals surface area (Å²) >= 11 is 0. The molecule has 1 unspecified atom stereocenters. The van der Waals surface area contributed by atoms with Gasteiger partial charge in [-0.15, -0.1) is 0 Å². The van der Waals surface area contributed by atoms with Crippen LogP contribution in [0.4, 0.5) is 0 Å². The molecule has 26 heavy (non-hydrogen) atoms. The van der Waals surface area contributed by atoms with Crippen molar-refractivity contribution in [2.75, 3.05) is 32.8 Å². The van der Waals surface area contributed by atoms with Gasteiger partial charge in [0.2, 0.25) is 5.91 Å². The fraction of sp³-hybridized carbons (Fsp3) is 0.667. The quantitative estimate of drug-likeness (QED) is 0.819. The minimum Gasteiger partial charge on any atom is -0.381 e. The summed E-state index contributed by atoms with van der Waals surface area (Å²) in [5.41, 5.74) is 1.30. The number of hydrogen-bond donors (Lipinski definition) is 2. The van der Waals surface area contributed by atoms with Crippen LogP contribution in [0.25, 0.3) is 0 Å². The van der Waals surface area contributed by atoms with Crippen LogP contribution in [0.2, 0.25) is 0 Å². The Morgan fingerprint density at radius 3 is 2.54 bits per heavy atom. The number of nitrogens with one attached hydrogen (secondary N) is 2. The van der Waals surface area contributed by atoms with Crippen molar-refractivity contribution in [1.82, 2.24) is 15.5 Å². The number of nitrogens with zero attached hydrogens (tertiary/aromatic N) is 1. The van der Waals surface area contributed by atoms with Gasteiger partial charge in [0.05, 0.1) is 6.04 Å². The van der Waals surface area contributed by atoms with Gasteiger partial charge in [0, 0.05) is 38.3 Å². The zero-order valence-electron chi connectivity index (χ0n) is 16.2. The topological polar surface area (TPSA) is 53.6 Å². The molecule has 0 aliphatic carbocycles. The number of carbonyl (C=O) groups excluding carboxylic acids is 1. The first-order chi connectivity index (χ1) is 12.6. The summed E-state index contributed by atoms with van der Waals surface area (Å²) in [5.74, 6) is 0.171. The Morgan fingerprint density at radius 2 is 1.92 bits per heavy atom. The SMILES string of the molecule is CC(=O)N(C1CCNCC1)C(CNC1(C)CCOCC1)c1ccccc1. The van der Waals surface area contributed by atoms with E-state index in [4.69, 9.17) is 4.74 Å². The van der Waals surface area contributed by atoms with Gasteiger partial charge in [0.15, 0.2) is 0 Å². The Hall–Kier alpha value is -1.43. The molecule has 5 nitrogen and oxygen atoms in total. The number of amides is 1. The third-order valence-corrected chi connectivity index (χ3v) is 5.90. The summed E-state index contributed by atoms with van der Waals surface area (Å²) in [6, 6.07) is 10.8. The molecular weight excluding hydrogens is 326 g/mol. The van der Waals surface area contributed by atoms with Crippen LogP contribution in [-0.4, -0.2) is 55.2 Å². The molecule has 2 aliphatic heterocycles. The fourth-order valence-corrected chi connectivity index (χ4v) is 4.21. The van der Waals surface area contributed by atoms with Crippen LogP contribution in [0.15, 0.2) is 30.3 Å². The van der Waals surface area contributed by atoms with Crippen molar-refractivity contribution < 1.29 is 9.53 Å². The maximum atomic E-state index is 12.6. The minimum atomic E-state index is 0.0662. The van der Waals surface area contributed by atoms with Gasteiger partial charge in [0.1, 0.15) is 0 Å². The Bertz CT molecular complexity index is 566. The lowest BCUT2D eigenvalue weighted by atomic mass is 9.91. The second-order valence-corrected chi connectivity index (χ2v) is 7.89. The third kappa shape index (κ3) is 4.84. The van der Waals surface area contributed by atoms with E-state index in [9.17, 15) is 4.79 Å². The first-order valence-corrected chi connectivity index (χ1v) is 9.96. The molecule has 2 saturated heterocycles. The molecule has 1 amide bonds. The highest BCUT2D eigenvalue weighted by Crippen LogP contribution is 2.28. The van der Waals surface area contributed by atoms with Crippen LogP contribution >= 0.6 is 0 Å². The first kappa shape index (κ1) is 19.3. The van der Waals surface area contributed by atoms with Crippen molar-refractivity contribution in [1.29, 1.82) is 0 Å². The Balaban J connectivity index is 1.80. The summed E-state index contributed by atoms with van der Waals surface area (Å²) in [5, 5.41) is 7.19.